The normalized spacial score (nSPS) is 15.1. The standard InChI is InChI=1S/C14H15Cl2N5/c15-9-5-10(16)7-12(6-9)18-13-8-17-21-14(20-13)19-11-3-1-2-4-11/h5-8,11H,1-4H2,(H2,18,19,20,21). The maximum atomic E-state index is 5.98. The molecule has 2 N–H and O–H groups in total. The van der Waals surface area contributed by atoms with Crippen molar-refractivity contribution in [3.05, 3.63) is 34.4 Å². The summed E-state index contributed by atoms with van der Waals surface area (Å²) in [5, 5.41) is 15.6. The Labute approximate surface area is 133 Å². The molecule has 0 amide bonds. The van der Waals surface area contributed by atoms with Crippen molar-refractivity contribution in [1.29, 1.82) is 0 Å². The molecule has 1 aromatic heterocycles. The van der Waals surface area contributed by atoms with Crippen LogP contribution in [0.2, 0.25) is 10.0 Å². The highest BCUT2D eigenvalue weighted by Crippen LogP contribution is 2.25. The minimum atomic E-state index is 0.447. The Bertz CT molecular complexity index is 608. The van der Waals surface area contributed by atoms with Gasteiger partial charge in [-0.2, -0.15) is 10.1 Å². The zero-order valence-corrected chi connectivity index (χ0v) is 12.8. The van der Waals surface area contributed by atoms with E-state index in [2.05, 4.69) is 25.8 Å². The largest absolute Gasteiger partial charge is 0.350 e. The van der Waals surface area contributed by atoms with Gasteiger partial charge < -0.3 is 10.6 Å². The molecule has 1 aromatic carbocycles. The molecule has 2 aromatic rings. The van der Waals surface area contributed by atoms with Crippen molar-refractivity contribution < 1.29 is 0 Å². The Kier molecular flexibility index (Phi) is 4.41. The number of anilines is 3. The van der Waals surface area contributed by atoms with Crippen LogP contribution in [0.15, 0.2) is 24.4 Å². The van der Waals surface area contributed by atoms with E-state index in [-0.39, 0.29) is 0 Å². The van der Waals surface area contributed by atoms with Crippen molar-refractivity contribution in [1.82, 2.24) is 15.2 Å². The van der Waals surface area contributed by atoms with Gasteiger partial charge in [0.2, 0.25) is 5.95 Å². The lowest BCUT2D eigenvalue weighted by atomic mass is 10.3. The van der Waals surface area contributed by atoms with E-state index in [9.17, 15) is 0 Å². The number of nitrogens with zero attached hydrogens (tertiary/aromatic N) is 3. The van der Waals surface area contributed by atoms with Gasteiger partial charge in [-0.15, -0.1) is 5.10 Å². The second-order valence-electron chi connectivity index (χ2n) is 5.07. The summed E-state index contributed by atoms with van der Waals surface area (Å²) in [6.07, 6.45) is 6.39. The summed E-state index contributed by atoms with van der Waals surface area (Å²) in [4.78, 5) is 4.41. The van der Waals surface area contributed by atoms with E-state index < -0.39 is 0 Å². The number of halogens is 2. The number of rotatable bonds is 4. The minimum Gasteiger partial charge on any atom is -0.350 e. The van der Waals surface area contributed by atoms with E-state index in [1.807, 2.05) is 0 Å². The van der Waals surface area contributed by atoms with Crippen LogP contribution in [0.1, 0.15) is 25.7 Å². The van der Waals surface area contributed by atoms with Crippen LogP contribution in [0.3, 0.4) is 0 Å². The lowest BCUT2D eigenvalue weighted by Crippen LogP contribution is -2.17. The van der Waals surface area contributed by atoms with Gasteiger partial charge in [0.05, 0.1) is 6.20 Å². The van der Waals surface area contributed by atoms with Gasteiger partial charge in [0, 0.05) is 21.8 Å². The summed E-state index contributed by atoms with van der Waals surface area (Å²) >= 11 is 12.0. The van der Waals surface area contributed by atoms with Gasteiger partial charge in [0.15, 0.2) is 5.82 Å². The molecule has 7 heteroatoms. The first-order chi connectivity index (χ1) is 10.2. The van der Waals surface area contributed by atoms with Crippen LogP contribution in [0.25, 0.3) is 0 Å². The van der Waals surface area contributed by atoms with Crippen molar-refractivity contribution in [2.24, 2.45) is 0 Å². The molecule has 3 rings (SSSR count). The molecule has 1 aliphatic carbocycles. The summed E-state index contributed by atoms with van der Waals surface area (Å²) in [5.41, 5.74) is 0.764. The smallest absolute Gasteiger partial charge is 0.244 e. The molecule has 1 heterocycles. The highest BCUT2D eigenvalue weighted by atomic mass is 35.5. The fourth-order valence-electron chi connectivity index (χ4n) is 2.45. The highest BCUT2D eigenvalue weighted by Gasteiger charge is 2.15. The van der Waals surface area contributed by atoms with E-state index in [1.165, 1.54) is 12.8 Å². The van der Waals surface area contributed by atoms with Crippen molar-refractivity contribution in [3.8, 4) is 0 Å². The van der Waals surface area contributed by atoms with Crippen molar-refractivity contribution in [2.75, 3.05) is 10.6 Å². The number of hydrogen-bond donors (Lipinski definition) is 2. The SMILES string of the molecule is Clc1cc(Cl)cc(Nc2cnnc(NC3CCCC3)n2)c1. The first-order valence-corrected chi connectivity index (χ1v) is 7.64. The molecule has 5 nitrogen and oxygen atoms in total. The molecule has 110 valence electrons. The van der Waals surface area contributed by atoms with Crippen molar-refractivity contribution in [3.63, 3.8) is 0 Å². The zero-order chi connectivity index (χ0) is 14.7. The molecular weight excluding hydrogens is 309 g/mol. The predicted molar refractivity (Wildman–Crippen MR) is 85.5 cm³/mol. The average Bonchev–Trinajstić information content (AvgIpc) is 2.90. The molecule has 1 aliphatic rings. The molecule has 0 radical (unpaired) electrons. The third-order valence-corrected chi connectivity index (χ3v) is 3.82. The molecule has 0 unspecified atom stereocenters. The minimum absolute atomic E-state index is 0.447. The Morgan fingerprint density at radius 3 is 2.48 bits per heavy atom. The third kappa shape index (κ3) is 3.95. The molecular formula is C14H15Cl2N5. The molecule has 1 saturated carbocycles. The van der Waals surface area contributed by atoms with Crippen LogP contribution in [0.4, 0.5) is 17.5 Å². The van der Waals surface area contributed by atoms with Gasteiger partial charge in [0.25, 0.3) is 0 Å². The molecule has 0 aliphatic heterocycles. The fourth-order valence-corrected chi connectivity index (χ4v) is 2.98. The van der Waals surface area contributed by atoms with Crippen molar-refractivity contribution in [2.45, 2.75) is 31.7 Å². The van der Waals surface area contributed by atoms with E-state index in [1.54, 1.807) is 24.4 Å². The summed E-state index contributed by atoms with van der Waals surface area (Å²) in [6, 6.07) is 5.68. The molecule has 0 bridgehead atoms. The molecule has 1 fully saturated rings. The van der Waals surface area contributed by atoms with Crippen molar-refractivity contribution >= 4 is 40.7 Å². The molecule has 0 atom stereocenters. The predicted octanol–water partition coefficient (Wildman–Crippen LogP) is 4.28. The van der Waals surface area contributed by atoms with Gasteiger partial charge in [-0.3, -0.25) is 0 Å². The van der Waals surface area contributed by atoms with Crippen LogP contribution >= 0.6 is 23.2 Å². The lowest BCUT2D eigenvalue weighted by Gasteiger charge is -2.12. The van der Waals surface area contributed by atoms with Gasteiger partial charge >= 0.3 is 0 Å². The van der Waals surface area contributed by atoms with Gasteiger partial charge in [-0.1, -0.05) is 36.0 Å². The van der Waals surface area contributed by atoms with Crippen LogP contribution in [-0.2, 0) is 0 Å². The second-order valence-corrected chi connectivity index (χ2v) is 5.95. The van der Waals surface area contributed by atoms with Gasteiger partial charge in [-0.25, -0.2) is 0 Å². The maximum absolute atomic E-state index is 5.98. The number of aromatic nitrogens is 3. The van der Waals surface area contributed by atoms with E-state index in [4.69, 9.17) is 23.2 Å². The fraction of sp³-hybridized carbons (Fsp3) is 0.357. The topological polar surface area (TPSA) is 62.7 Å². The van der Waals surface area contributed by atoms with E-state index in [0.717, 1.165) is 18.5 Å². The van der Waals surface area contributed by atoms with Crippen LogP contribution in [-0.4, -0.2) is 21.2 Å². The Balaban J connectivity index is 1.73. The van der Waals surface area contributed by atoms with Crippen LogP contribution in [0.5, 0.6) is 0 Å². The van der Waals surface area contributed by atoms with E-state index >= 15 is 0 Å². The van der Waals surface area contributed by atoms with Crippen LogP contribution < -0.4 is 10.6 Å². The number of nitrogens with one attached hydrogen (secondary N) is 2. The zero-order valence-electron chi connectivity index (χ0n) is 11.3. The average molecular weight is 324 g/mol. The summed E-state index contributed by atoms with van der Waals surface area (Å²) in [7, 11) is 0. The second kappa shape index (κ2) is 6.45. The Morgan fingerprint density at radius 1 is 1.05 bits per heavy atom. The number of hydrogen-bond acceptors (Lipinski definition) is 5. The lowest BCUT2D eigenvalue weighted by molar-refractivity contribution is 0.738. The first-order valence-electron chi connectivity index (χ1n) is 6.88. The third-order valence-electron chi connectivity index (χ3n) is 3.38. The molecule has 21 heavy (non-hydrogen) atoms. The van der Waals surface area contributed by atoms with Crippen LogP contribution in [0, 0.1) is 0 Å². The Morgan fingerprint density at radius 2 is 1.76 bits per heavy atom. The summed E-state index contributed by atoms with van der Waals surface area (Å²) in [5.74, 6) is 1.14. The van der Waals surface area contributed by atoms with Gasteiger partial charge in [-0.05, 0) is 31.0 Å². The van der Waals surface area contributed by atoms with E-state index in [0.29, 0.717) is 27.9 Å². The van der Waals surface area contributed by atoms with Gasteiger partial charge in [0.1, 0.15) is 0 Å². The molecule has 0 spiro atoms. The maximum Gasteiger partial charge on any atom is 0.244 e. The number of benzene rings is 1. The monoisotopic (exact) mass is 323 g/mol. The molecule has 0 saturated heterocycles. The summed E-state index contributed by atoms with van der Waals surface area (Å²) < 4.78 is 0. The Hall–Kier alpha value is -1.59. The highest BCUT2D eigenvalue weighted by molar-refractivity contribution is 6.35. The summed E-state index contributed by atoms with van der Waals surface area (Å²) in [6.45, 7) is 0. The quantitative estimate of drug-likeness (QED) is 0.879. The first kappa shape index (κ1) is 14.4.